The third-order valence-corrected chi connectivity index (χ3v) is 10.6. The fourth-order valence-electron chi connectivity index (χ4n) is 4.33. The normalized spacial score (nSPS) is 15.1. The first kappa shape index (κ1) is 30.9. The zero-order valence-corrected chi connectivity index (χ0v) is 25.3. The molecule has 1 aliphatic heterocycles. The summed E-state index contributed by atoms with van der Waals surface area (Å²) in [5, 5.41) is 2.82. The van der Waals surface area contributed by atoms with Gasteiger partial charge in [-0.05, 0) is 62.0 Å². The van der Waals surface area contributed by atoms with Gasteiger partial charge in [0.2, 0.25) is 26.0 Å². The van der Waals surface area contributed by atoms with Crippen LogP contribution < -0.4 is 10.1 Å². The lowest BCUT2D eigenvalue weighted by atomic mass is 10.2. The number of halogens is 1. The number of carbonyl (C=O) groups excluding carboxylic acids is 1. The van der Waals surface area contributed by atoms with Crippen molar-refractivity contribution in [3.8, 4) is 5.75 Å². The van der Waals surface area contributed by atoms with Gasteiger partial charge in [0.25, 0.3) is 0 Å². The van der Waals surface area contributed by atoms with Gasteiger partial charge < -0.3 is 15.0 Å². The zero-order chi connectivity index (χ0) is 29.6. The quantitative estimate of drug-likeness (QED) is 0.349. The number of sulfonamides is 2. The second-order valence-electron chi connectivity index (χ2n) is 9.56. The maximum Gasteiger partial charge on any atom is 0.243 e. The van der Waals surface area contributed by atoms with Crippen molar-refractivity contribution in [1.82, 2.24) is 13.5 Å². The van der Waals surface area contributed by atoms with Crippen LogP contribution in [0.3, 0.4) is 0 Å². The molecule has 13 heteroatoms. The van der Waals surface area contributed by atoms with Crippen molar-refractivity contribution in [1.29, 1.82) is 0 Å². The molecule has 0 unspecified atom stereocenters. The van der Waals surface area contributed by atoms with Crippen LogP contribution in [-0.4, -0.2) is 82.6 Å². The maximum absolute atomic E-state index is 13.6. The van der Waals surface area contributed by atoms with E-state index >= 15 is 0 Å². The summed E-state index contributed by atoms with van der Waals surface area (Å²) >= 11 is 6.26. The summed E-state index contributed by atoms with van der Waals surface area (Å²) in [6.07, 6.45) is 0. The Hall–Kier alpha value is -3.00. The molecule has 1 heterocycles. The first-order valence-electron chi connectivity index (χ1n) is 13.1. The maximum atomic E-state index is 13.6. The molecule has 10 nitrogen and oxygen atoms in total. The average molecular weight is 621 g/mol. The molecule has 1 saturated heterocycles. The summed E-state index contributed by atoms with van der Waals surface area (Å²) in [6.45, 7) is 3.74. The Kier molecular flexibility index (Phi) is 10.1. The fraction of sp³-hybridized carbons (Fsp3) is 0.321. The molecule has 3 aromatic carbocycles. The Morgan fingerprint density at radius 2 is 1.56 bits per heavy atom. The molecule has 3 aromatic rings. The number of ether oxygens (including phenoxy) is 1. The van der Waals surface area contributed by atoms with Crippen molar-refractivity contribution in [2.24, 2.45) is 0 Å². The van der Waals surface area contributed by atoms with E-state index in [1.54, 1.807) is 31.2 Å². The van der Waals surface area contributed by atoms with E-state index in [2.05, 4.69) is 10.2 Å². The highest BCUT2D eigenvalue weighted by Gasteiger charge is 2.29. The first-order valence-corrected chi connectivity index (χ1v) is 16.3. The van der Waals surface area contributed by atoms with Gasteiger partial charge in [0.1, 0.15) is 5.75 Å². The lowest BCUT2D eigenvalue weighted by Crippen LogP contribution is -2.46. The molecule has 0 spiro atoms. The lowest BCUT2D eigenvalue weighted by Gasteiger charge is -2.31. The van der Waals surface area contributed by atoms with Crippen LogP contribution in [0.5, 0.6) is 5.75 Å². The topological polar surface area (TPSA) is 116 Å². The van der Waals surface area contributed by atoms with Crippen molar-refractivity contribution >= 4 is 43.2 Å². The number of piperazine rings is 1. The van der Waals surface area contributed by atoms with Gasteiger partial charge in [-0.3, -0.25) is 4.79 Å². The van der Waals surface area contributed by atoms with E-state index in [0.29, 0.717) is 49.8 Å². The minimum absolute atomic E-state index is 0.0520. The number of carbonyl (C=O) groups is 1. The van der Waals surface area contributed by atoms with E-state index in [-0.39, 0.29) is 21.4 Å². The third kappa shape index (κ3) is 7.64. The molecule has 0 saturated carbocycles. The molecule has 4 rings (SSSR count). The number of likely N-dealkylation sites (N-methyl/N-ethyl adjacent to an activating group) is 1. The highest BCUT2D eigenvalue weighted by molar-refractivity contribution is 7.89. The van der Waals surface area contributed by atoms with Crippen LogP contribution in [0.15, 0.2) is 82.6 Å². The summed E-state index contributed by atoms with van der Waals surface area (Å²) < 4.78 is 61.2. The van der Waals surface area contributed by atoms with Crippen molar-refractivity contribution < 1.29 is 26.4 Å². The largest absolute Gasteiger partial charge is 0.492 e. The molecule has 1 amide bonds. The van der Waals surface area contributed by atoms with Crippen LogP contribution in [-0.2, 0) is 31.4 Å². The number of anilines is 1. The number of hydrogen-bond acceptors (Lipinski definition) is 7. The van der Waals surface area contributed by atoms with Crippen LogP contribution >= 0.6 is 11.6 Å². The highest BCUT2D eigenvalue weighted by Crippen LogP contribution is 2.29. The van der Waals surface area contributed by atoms with Crippen LogP contribution in [0.4, 0.5) is 5.69 Å². The highest BCUT2D eigenvalue weighted by atomic mass is 35.5. The predicted octanol–water partition coefficient (Wildman–Crippen LogP) is 3.50. The van der Waals surface area contributed by atoms with Gasteiger partial charge in [0, 0.05) is 38.4 Å². The molecule has 0 aliphatic carbocycles. The second kappa shape index (κ2) is 13.3. The summed E-state index contributed by atoms with van der Waals surface area (Å²) in [6, 6.07) is 18.9. The van der Waals surface area contributed by atoms with Gasteiger partial charge in [0.05, 0.1) is 28.0 Å². The number of hydrogen-bond donors (Lipinski definition) is 1. The third-order valence-electron chi connectivity index (χ3n) is 6.60. The van der Waals surface area contributed by atoms with Gasteiger partial charge in [-0.15, -0.1) is 0 Å². The Labute approximate surface area is 246 Å². The summed E-state index contributed by atoms with van der Waals surface area (Å²) in [4.78, 5) is 15.2. The van der Waals surface area contributed by atoms with Crippen molar-refractivity contribution in [2.45, 2.75) is 23.3 Å². The number of amides is 1. The number of nitrogens with one attached hydrogen (secondary N) is 1. The number of rotatable bonds is 11. The molecule has 220 valence electrons. The van der Waals surface area contributed by atoms with E-state index in [1.165, 1.54) is 46.8 Å². The molecule has 0 atom stereocenters. The van der Waals surface area contributed by atoms with E-state index in [9.17, 15) is 21.6 Å². The minimum Gasteiger partial charge on any atom is -0.492 e. The minimum atomic E-state index is -4.14. The standard InChI is InChI=1S/C28H33ClN4O6S2/c1-3-39-27-14-13-25(19-26(27)29)41(37,38)33(20-22-7-5-4-6-8-22)21-28(34)30-23-9-11-24(12-10-23)40(35,36)32-17-15-31(2)16-18-32/h4-14,19H,3,15-18,20-21H2,1-2H3,(H,30,34). The van der Waals surface area contributed by atoms with Gasteiger partial charge in [0.15, 0.2) is 0 Å². The van der Waals surface area contributed by atoms with Crippen molar-refractivity contribution in [3.05, 3.63) is 83.4 Å². The SMILES string of the molecule is CCOc1ccc(S(=O)(=O)N(CC(=O)Nc2ccc(S(=O)(=O)N3CCN(C)CC3)cc2)Cc2ccccc2)cc1Cl. The molecule has 0 radical (unpaired) electrons. The Balaban J connectivity index is 1.51. The molecular weight excluding hydrogens is 588 g/mol. The fourth-order valence-corrected chi connectivity index (χ4v) is 7.46. The molecule has 1 N–H and O–H groups in total. The van der Waals surface area contributed by atoms with Crippen molar-refractivity contribution in [3.63, 3.8) is 0 Å². The van der Waals surface area contributed by atoms with Crippen molar-refractivity contribution in [2.75, 3.05) is 51.7 Å². The number of nitrogens with zero attached hydrogens (tertiary/aromatic N) is 3. The molecule has 1 fully saturated rings. The monoisotopic (exact) mass is 620 g/mol. The zero-order valence-electron chi connectivity index (χ0n) is 22.9. The predicted molar refractivity (Wildman–Crippen MR) is 158 cm³/mol. The molecule has 41 heavy (non-hydrogen) atoms. The van der Waals surface area contributed by atoms with E-state index < -0.39 is 32.5 Å². The second-order valence-corrected chi connectivity index (χ2v) is 13.8. The molecule has 1 aliphatic rings. The van der Waals surface area contributed by atoms with Gasteiger partial charge in [-0.1, -0.05) is 41.9 Å². The van der Waals surface area contributed by atoms with E-state index in [0.717, 1.165) is 4.31 Å². The van der Waals surface area contributed by atoms with Gasteiger partial charge in [-0.2, -0.15) is 8.61 Å². The summed E-state index contributed by atoms with van der Waals surface area (Å²) in [5.74, 6) is -0.227. The van der Waals surface area contributed by atoms with Gasteiger partial charge >= 0.3 is 0 Å². The molecular formula is C28H33ClN4O6S2. The Morgan fingerprint density at radius 3 is 2.17 bits per heavy atom. The molecule has 0 bridgehead atoms. The summed E-state index contributed by atoms with van der Waals surface area (Å²) in [5.41, 5.74) is 1.04. The Morgan fingerprint density at radius 1 is 0.927 bits per heavy atom. The summed E-state index contributed by atoms with van der Waals surface area (Å²) in [7, 11) is -5.85. The number of benzene rings is 3. The van der Waals surface area contributed by atoms with Crippen LogP contribution in [0, 0.1) is 0 Å². The first-order chi connectivity index (χ1) is 19.5. The lowest BCUT2D eigenvalue weighted by molar-refractivity contribution is -0.116. The smallest absolute Gasteiger partial charge is 0.243 e. The van der Waals surface area contributed by atoms with E-state index in [4.69, 9.17) is 16.3 Å². The molecule has 0 aromatic heterocycles. The van der Waals surface area contributed by atoms with E-state index in [1.807, 2.05) is 13.1 Å². The Bertz CT molecular complexity index is 1560. The van der Waals surface area contributed by atoms with Crippen LogP contribution in [0.1, 0.15) is 12.5 Å². The van der Waals surface area contributed by atoms with Crippen LogP contribution in [0.25, 0.3) is 0 Å². The van der Waals surface area contributed by atoms with Gasteiger partial charge in [-0.25, -0.2) is 16.8 Å². The average Bonchev–Trinajstić information content (AvgIpc) is 2.95. The van der Waals surface area contributed by atoms with Crippen LogP contribution in [0.2, 0.25) is 5.02 Å².